The normalized spacial score (nSPS) is 18.7. The molecule has 1 aliphatic carbocycles. The first-order valence-corrected chi connectivity index (χ1v) is 12.6. The minimum atomic E-state index is -0.156. The highest BCUT2D eigenvalue weighted by Crippen LogP contribution is 2.33. The quantitative estimate of drug-likeness (QED) is 0.477. The van der Waals surface area contributed by atoms with E-state index in [1.807, 2.05) is 17.2 Å². The third-order valence-corrected chi connectivity index (χ3v) is 6.78. The van der Waals surface area contributed by atoms with Crippen LogP contribution < -0.4 is 9.64 Å². The molecule has 3 aliphatic rings. The molecule has 0 aromatic carbocycles. The van der Waals surface area contributed by atoms with Crippen molar-refractivity contribution >= 4 is 17.2 Å². The molecule has 0 N–H and O–H groups in total. The summed E-state index contributed by atoms with van der Waals surface area (Å²) in [6, 6.07) is 5.60. The van der Waals surface area contributed by atoms with E-state index in [4.69, 9.17) is 14.2 Å². The van der Waals surface area contributed by atoms with Crippen LogP contribution in [0.15, 0.2) is 84.8 Å². The second-order valence-corrected chi connectivity index (χ2v) is 9.18. The number of hydrogen-bond donors (Lipinski definition) is 0. The molecule has 0 radical (unpaired) electrons. The van der Waals surface area contributed by atoms with Crippen LogP contribution >= 0.6 is 0 Å². The summed E-state index contributed by atoms with van der Waals surface area (Å²) < 4.78 is 19.1. The summed E-state index contributed by atoms with van der Waals surface area (Å²) in [4.78, 5) is 25.4. The molecule has 1 fully saturated rings. The molecule has 1 amide bonds. The number of likely N-dealkylation sites (tertiary alicyclic amines) is 1. The Hall–Kier alpha value is -5.11. The number of fused-ring (bicyclic) bond motifs is 1. The lowest BCUT2D eigenvalue weighted by molar-refractivity contribution is 0.0744. The van der Waals surface area contributed by atoms with Crippen molar-refractivity contribution in [2.75, 3.05) is 25.1 Å². The number of methoxy groups -OCH3 is 1. The van der Waals surface area contributed by atoms with E-state index in [-0.39, 0.29) is 17.9 Å². The van der Waals surface area contributed by atoms with Crippen LogP contribution in [0.2, 0.25) is 0 Å². The Kier molecular flexibility index (Phi) is 6.42. The second-order valence-electron chi connectivity index (χ2n) is 9.18. The van der Waals surface area contributed by atoms with E-state index in [0.29, 0.717) is 47.7 Å². The minimum absolute atomic E-state index is 0.105. The maximum absolute atomic E-state index is 13.2. The van der Waals surface area contributed by atoms with E-state index in [1.165, 1.54) is 7.11 Å². The average molecular weight is 524 g/mol. The zero-order chi connectivity index (χ0) is 26.8. The lowest BCUT2D eigenvalue weighted by Gasteiger charge is -2.26. The molecule has 2 aliphatic heterocycles. The Morgan fingerprint density at radius 1 is 1.28 bits per heavy atom. The van der Waals surface area contributed by atoms with E-state index in [2.05, 4.69) is 27.2 Å². The summed E-state index contributed by atoms with van der Waals surface area (Å²) in [5.74, 6) is 1.55. The monoisotopic (exact) mass is 523 g/mol. The lowest BCUT2D eigenvalue weighted by Crippen LogP contribution is -2.30. The van der Waals surface area contributed by atoms with E-state index in [9.17, 15) is 10.1 Å². The average Bonchev–Trinajstić information content (AvgIpc) is 3.64. The van der Waals surface area contributed by atoms with Gasteiger partial charge in [-0.2, -0.15) is 10.4 Å². The van der Waals surface area contributed by atoms with Crippen LogP contribution in [0.4, 0.5) is 5.69 Å². The van der Waals surface area contributed by atoms with Gasteiger partial charge in [0.25, 0.3) is 5.91 Å². The summed E-state index contributed by atoms with van der Waals surface area (Å²) in [5, 5.41) is 13.7. The maximum atomic E-state index is 13.2. The number of pyridine rings is 1. The van der Waals surface area contributed by atoms with Crippen LogP contribution in [0.5, 0.6) is 5.88 Å². The van der Waals surface area contributed by atoms with Gasteiger partial charge in [-0.05, 0) is 31.1 Å². The third-order valence-electron chi connectivity index (χ3n) is 6.78. The number of carbonyl (C=O) groups excluding carboxylic acids is 1. The molecular weight excluding hydrogens is 498 g/mol. The van der Waals surface area contributed by atoms with Crippen LogP contribution in [-0.2, 0) is 9.47 Å². The molecule has 6 rings (SSSR count). The Morgan fingerprint density at radius 2 is 2.21 bits per heavy atom. The highest BCUT2D eigenvalue weighted by Gasteiger charge is 2.31. The molecule has 11 nitrogen and oxygen atoms in total. The van der Waals surface area contributed by atoms with Gasteiger partial charge in [0.2, 0.25) is 5.88 Å². The van der Waals surface area contributed by atoms with Gasteiger partial charge in [0, 0.05) is 37.1 Å². The minimum Gasteiger partial charge on any atom is -0.488 e. The fourth-order valence-electron chi connectivity index (χ4n) is 4.84. The first kappa shape index (κ1) is 24.2. The van der Waals surface area contributed by atoms with Crippen molar-refractivity contribution < 1.29 is 19.0 Å². The van der Waals surface area contributed by atoms with E-state index in [0.717, 1.165) is 24.2 Å². The highest BCUT2D eigenvalue weighted by molar-refractivity contribution is 5.99. The second kappa shape index (κ2) is 10.3. The molecule has 0 unspecified atom stereocenters. The maximum Gasteiger partial charge on any atom is 0.259 e. The number of rotatable bonds is 6. The number of allylic oxidation sites excluding steroid dienone is 3. The Balaban J connectivity index is 1.20. The molecule has 0 saturated carbocycles. The number of carbonyl (C=O) groups is 1. The number of amides is 1. The van der Waals surface area contributed by atoms with Crippen LogP contribution in [-0.4, -0.2) is 56.7 Å². The zero-order valence-electron chi connectivity index (χ0n) is 21.2. The molecule has 3 aromatic heterocycles. The van der Waals surface area contributed by atoms with Gasteiger partial charge < -0.3 is 24.0 Å². The lowest BCUT2D eigenvalue weighted by atomic mass is 10.0. The van der Waals surface area contributed by atoms with Gasteiger partial charge in [0.15, 0.2) is 5.65 Å². The summed E-state index contributed by atoms with van der Waals surface area (Å²) in [5.41, 5.74) is 3.00. The molecule has 3 aromatic rings. The fourth-order valence-corrected chi connectivity index (χ4v) is 4.84. The molecular formula is C28H25N7O4. The number of nitrogens with zero attached hydrogens (tertiary/aromatic N) is 7. The first-order valence-electron chi connectivity index (χ1n) is 12.6. The summed E-state index contributed by atoms with van der Waals surface area (Å²) >= 11 is 0. The molecule has 196 valence electrons. The molecule has 11 heteroatoms. The van der Waals surface area contributed by atoms with Crippen molar-refractivity contribution in [1.29, 1.82) is 5.26 Å². The predicted octanol–water partition coefficient (Wildman–Crippen LogP) is 3.69. The Bertz CT molecular complexity index is 1600. The summed E-state index contributed by atoms with van der Waals surface area (Å²) in [6.07, 6.45) is 18.0. The van der Waals surface area contributed by atoms with Gasteiger partial charge in [0.05, 0.1) is 37.9 Å². The smallest absolute Gasteiger partial charge is 0.259 e. The Morgan fingerprint density at radius 3 is 3.08 bits per heavy atom. The van der Waals surface area contributed by atoms with Crippen molar-refractivity contribution in [2.24, 2.45) is 0 Å². The fraction of sp³-hybridized carbons (Fsp3) is 0.250. The molecule has 1 saturated heterocycles. The van der Waals surface area contributed by atoms with E-state index >= 15 is 0 Å². The number of anilines is 1. The van der Waals surface area contributed by atoms with Gasteiger partial charge in [-0.15, -0.1) is 0 Å². The molecule has 5 heterocycles. The first-order chi connectivity index (χ1) is 19.1. The number of hydrogen-bond acceptors (Lipinski definition) is 9. The molecule has 39 heavy (non-hydrogen) atoms. The van der Waals surface area contributed by atoms with Gasteiger partial charge in [-0.25, -0.2) is 14.5 Å². The van der Waals surface area contributed by atoms with Gasteiger partial charge in [-0.1, -0.05) is 6.08 Å². The van der Waals surface area contributed by atoms with Crippen molar-refractivity contribution in [1.82, 2.24) is 24.5 Å². The zero-order valence-corrected chi connectivity index (χ0v) is 21.2. The van der Waals surface area contributed by atoms with Crippen LogP contribution in [0, 0.1) is 11.3 Å². The van der Waals surface area contributed by atoms with Gasteiger partial charge >= 0.3 is 0 Å². The third kappa shape index (κ3) is 4.68. The van der Waals surface area contributed by atoms with Crippen molar-refractivity contribution in [2.45, 2.75) is 25.4 Å². The largest absolute Gasteiger partial charge is 0.488 e. The van der Waals surface area contributed by atoms with Gasteiger partial charge in [-0.3, -0.25) is 4.79 Å². The summed E-state index contributed by atoms with van der Waals surface area (Å²) in [6.45, 7) is 1.05. The summed E-state index contributed by atoms with van der Waals surface area (Å²) in [7, 11) is 1.48. The van der Waals surface area contributed by atoms with Crippen LogP contribution in [0.3, 0.4) is 0 Å². The van der Waals surface area contributed by atoms with Gasteiger partial charge in [0.1, 0.15) is 41.1 Å². The highest BCUT2D eigenvalue weighted by atomic mass is 16.5. The van der Waals surface area contributed by atoms with Crippen molar-refractivity contribution in [3.63, 3.8) is 0 Å². The van der Waals surface area contributed by atoms with Crippen molar-refractivity contribution in [3.8, 4) is 11.9 Å². The van der Waals surface area contributed by atoms with Crippen LogP contribution in [0.1, 0.15) is 35.2 Å². The van der Waals surface area contributed by atoms with Crippen LogP contribution in [0.25, 0.3) is 5.65 Å². The number of nitriles is 1. The number of ether oxygens (including phenoxy) is 3. The standard InChI is InChI=1S/C28H25N7O4/c1-37-27-19(14-29)13-20(15-31-27)33-11-12-38-25(18-33)22-5-2-3-6-24(22)39-21-7-10-34(17-21)28(36)23-16-32-35-9-4-8-30-26(23)35/h3-4,6,8-9,11-13,15-16,18,21H,2,5,7,10,17H2,1H3/t21-/m0/s1. The molecule has 0 spiro atoms. The molecule has 1 atom stereocenters. The Labute approximate surface area is 224 Å². The van der Waals surface area contributed by atoms with Crippen molar-refractivity contribution in [3.05, 3.63) is 96.0 Å². The molecule has 0 bridgehead atoms. The SMILES string of the molecule is COc1ncc(N2C=COC(C3=C(O[C@H]4CCN(C(=O)c5cnn6cccnc56)C4)C=CCC3)=C2)cc1C#N. The van der Waals surface area contributed by atoms with E-state index < -0.39 is 0 Å². The topological polar surface area (TPSA) is 118 Å². The number of aromatic nitrogens is 4. The predicted molar refractivity (Wildman–Crippen MR) is 140 cm³/mol. The van der Waals surface area contributed by atoms with E-state index in [1.54, 1.807) is 58.8 Å².